The average molecular weight is 320 g/mol. The number of hydrogen-bond donors (Lipinski definition) is 2. The van der Waals surface area contributed by atoms with Gasteiger partial charge in [-0.05, 0) is 63.0 Å². The van der Waals surface area contributed by atoms with Crippen molar-refractivity contribution >= 4 is 5.97 Å². The second-order valence-corrected chi connectivity index (χ2v) is 6.01. The summed E-state index contributed by atoms with van der Waals surface area (Å²) in [5.74, 6) is 0.651. The lowest BCUT2D eigenvalue weighted by Crippen LogP contribution is -2.35. The number of carbonyl (C=O) groups is 1. The second-order valence-electron chi connectivity index (χ2n) is 6.01. The van der Waals surface area contributed by atoms with E-state index < -0.39 is 0 Å². The van der Waals surface area contributed by atoms with Gasteiger partial charge < -0.3 is 20.1 Å². The summed E-state index contributed by atoms with van der Waals surface area (Å²) in [5.41, 5.74) is 1.22. The number of ether oxygens (including phenoxy) is 2. The molecule has 2 unspecified atom stereocenters. The Morgan fingerprint density at radius 3 is 2.39 bits per heavy atom. The van der Waals surface area contributed by atoms with Gasteiger partial charge in [-0.2, -0.15) is 0 Å². The molecule has 2 atom stereocenters. The molecule has 0 radical (unpaired) electrons. The van der Waals surface area contributed by atoms with Crippen LogP contribution in [0.4, 0.5) is 0 Å². The van der Waals surface area contributed by atoms with Gasteiger partial charge in [-0.25, -0.2) is 0 Å². The fraction of sp³-hybridized carbons (Fsp3) is 0.611. The van der Waals surface area contributed by atoms with Gasteiger partial charge in [0.1, 0.15) is 11.9 Å². The summed E-state index contributed by atoms with van der Waals surface area (Å²) < 4.78 is 10.4. The number of benzene rings is 1. The third kappa shape index (κ3) is 6.20. The lowest BCUT2D eigenvalue weighted by atomic mass is 10.0. The van der Waals surface area contributed by atoms with E-state index in [0.717, 1.165) is 25.1 Å². The van der Waals surface area contributed by atoms with Gasteiger partial charge in [-0.15, -0.1) is 0 Å². The molecule has 2 aliphatic heterocycles. The van der Waals surface area contributed by atoms with Crippen molar-refractivity contribution in [2.45, 2.75) is 44.8 Å². The van der Waals surface area contributed by atoms with E-state index >= 15 is 0 Å². The quantitative estimate of drug-likeness (QED) is 0.830. The molecule has 2 aliphatic rings. The SMILES string of the molecule is C1CCNC1.COc1ccc(CC2NCCC2OC(C)=O)cc1. The van der Waals surface area contributed by atoms with Crippen molar-refractivity contribution in [1.29, 1.82) is 0 Å². The van der Waals surface area contributed by atoms with Crippen LogP contribution in [0, 0.1) is 0 Å². The summed E-state index contributed by atoms with van der Waals surface area (Å²) in [4.78, 5) is 11.0. The van der Waals surface area contributed by atoms with Crippen molar-refractivity contribution in [2.24, 2.45) is 0 Å². The Labute approximate surface area is 138 Å². The zero-order chi connectivity index (χ0) is 16.5. The molecule has 2 heterocycles. The van der Waals surface area contributed by atoms with Crippen molar-refractivity contribution in [3.63, 3.8) is 0 Å². The van der Waals surface area contributed by atoms with Gasteiger partial charge in [0.2, 0.25) is 0 Å². The predicted molar refractivity (Wildman–Crippen MR) is 90.8 cm³/mol. The van der Waals surface area contributed by atoms with Gasteiger partial charge in [0.05, 0.1) is 7.11 Å². The molecular formula is C18H28N2O3. The summed E-state index contributed by atoms with van der Waals surface area (Å²) in [6.07, 6.45) is 4.52. The minimum atomic E-state index is -0.205. The molecule has 2 saturated heterocycles. The van der Waals surface area contributed by atoms with Gasteiger partial charge in [0.25, 0.3) is 0 Å². The Morgan fingerprint density at radius 2 is 1.87 bits per heavy atom. The first kappa shape index (κ1) is 17.8. The lowest BCUT2D eigenvalue weighted by Gasteiger charge is -2.19. The van der Waals surface area contributed by atoms with Crippen LogP contribution in [0.25, 0.3) is 0 Å². The summed E-state index contributed by atoms with van der Waals surface area (Å²) in [7, 11) is 1.66. The van der Waals surface area contributed by atoms with E-state index in [1.54, 1.807) is 7.11 Å². The Balaban J connectivity index is 0.000000326. The van der Waals surface area contributed by atoms with Gasteiger partial charge >= 0.3 is 5.97 Å². The number of hydrogen-bond acceptors (Lipinski definition) is 5. The van der Waals surface area contributed by atoms with E-state index in [-0.39, 0.29) is 18.1 Å². The number of carbonyl (C=O) groups excluding carboxylic acids is 1. The molecule has 2 fully saturated rings. The first-order valence-electron chi connectivity index (χ1n) is 8.43. The highest BCUT2D eigenvalue weighted by Gasteiger charge is 2.29. The number of esters is 1. The number of nitrogens with one attached hydrogen (secondary N) is 2. The van der Waals surface area contributed by atoms with Crippen LogP contribution in [0.1, 0.15) is 31.7 Å². The van der Waals surface area contributed by atoms with E-state index in [0.29, 0.717) is 0 Å². The minimum Gasteiger partial charge on any atom is -0.497 e. The molecule has 0 amide bonds. The van der Waals surface area contributed by atoms with Crippen molar-refractivity contribution in [3.05, 3.63) is 29.8 Å². The van der Waals surface area contributed by atoms with Gasteiger partial charge in [-0.3, -0.25) is 4.79 Å². The zero-order valence-corrected chi connectivity index (χ0v) is 14.1. The Bertz CT molecular complexity index is 464. The van der Waals surface area contributed by atoms with Gasteiger partial charge in [0.15, 0.2) is 0 Å². The molecule has 23 heavy (non-hydrogen) atoms. The first-order valence-corrected chi connectivity index (χ1v) is 8.43. The molecule has 3 rings (SSSR count). The van der Waals surface area contributed by atoms with Crippen LogP contribution in [-0.2, 0) is 16.0 Å². The van der Waals surface area contributed by atoms with Gasteiger partial charge in [0, 0.05) is 13.0 Å². The third-order valence-electron chi connectivity index (χ3n) is 4.17. The smallest absolute Gasteiger partial charge is 0.302 e. The summed E-state index contributed by atoms with van der Waals surface area (Å²) in [6, 6.07) is 8.20. The molecule has 5 heteroatoms. The van der Waals surface area contributed by atoms with Gasteiger partial charge in [-0.1, -0.05) is 12.1 Å². The molecule has 128 valence electrons. The van der Waals surface area contributed by atoms with Crippen molar-refractivity contribution in [2.75, 3.05) is 26.7 Å². The second kappa shape index (κ2) is 9.53. The predicted octanol–water partition coefficient (Wildman–Crippen LogP) is 1.90. The van der Waals surface area contributed by atoms with Crippen LogP contribution in [0.3, 0.4) is 0 Å². The summed E-state index contributed by atoms with van der Waals surface area (Å²) in [6.45, 7) is 4.86. The monoisotopic (exact) mass is 320 g/mol. The van der Waals surface area contributed by atoms with Crippen LogP contribution < -0.4 is 15.4 Å². The Morgan fingerprint density at radius 1 is 1.17 bits per heavy atom. The summed E-state index contributed by atoms with van der Waals surface area (Å²) in [5, 5.41) is 6.60. The molecular weight excluding hydrogens is 292 g/mol. The number of rotatable bonds is 4. The molecule has 1 aromatic carbocycles. The maximum Gasteiger partial charge on any atom is 0.302 e. The Hall–Kier alpha value is -1.59. The largest absolute Gasteiger partial charge is 0.497 e. The van der Waals surface area contributed by atoms with Crippen molar-refractivity contribution < 1.29 is 14.3 Å². The van der Waals surface area contributed by atoms with E-state index in [9.17, 15) is 4.79 Å². The molecule has 0 spiro atoms. The van der Waals surface area contributed by atoms with E-state index in [4.69, 9.17) is 9.47 Å². The first-order chi connectivity index (χ1) is 11.2. The molecule has 0 bridgehead atoms. The topological polar surface area (TPSA) is 59.6 Å². The van der Waals surface area contributed by atoms with Crippen molar-refractivity contribution in [1.82, 2.24) is 10.6 Å². The molecule has 2 N–H and O–H groups in total. The van der Waals surface area contributed by atoms with E-state index in [1.807, 2.05) is 24.3 Å². The van der Waals surface area contributed by atoms with E-state index in [2.05, 4.69) is 10.6 Å². The number of methoxy groups -OCH3 is 1. The highest BCUT2D eigenvalue weighted by Crippen LogP contribution is 2.18. The fourth-order valence-corrected chi connectivity index (χ4v) is 2.94. The lowest BCUT2D eigenvalue weighted by molar-refractivity contribution is -0.146. The normalized spacial score (nSPS) is 23.0. The fourth-order valence-electron chi connectivity index (χ4n) is 2.94. The highest BCUT2D eigenvalue weighted by atomic mass is 16.5. The zero-order valence-electron chi connectivity index (χ0n) is 14.1. The van der Waals surface area contributed by atoms with Crippen LogP contribution in [0.2, 0.25) is 0 Å². The highest BCUT2D eigenvalue weighted by molar-refractivity contribution is 5.66. The minimum absolute atomic E-state index is 0.00963. The molecule has 5 nitrogen and oxygen atoms in total. The maximum absolute atomic E-state index is 11.0. The van der Waals surface area contributed by atoms with E-state index in [1.165, 1.54) is 38.4 Å². The van der Waals surface area contributed by atoms with Crippen molar-refractivity contribution in [3.8, 4) is 5.75 Å². The molecule has 0 aliphatic carbocycles. The Kier molecular flexibility index (Phi) is 7.36. The van der Waals surface area contributed by atoms with Crippen LogP contribution >= 0.6 is 0 Å². The molecule has 0 saturated carbocycles. The molecule has 1 aromatic rings. The third-order valence-corrected chi connectivity index (χ3v) is 4.17. The molecule has 0 aromatic heterocycles. The maximum atomic E-state index is 11.0. The van der Waals surface area contributed by atoms with Crippen LogP contribution in [0.15, 0.2) is 24.3 Å². The van der Waals surface area contributed by atoms with Crippen LogP contribution in [-0.4, -0.2) is 44.9 Å². The average Bonchev–Trinajstić information content (AvgIpc) is 3.23. The standard InChI is InChI=1S/C14H19NO3.C4H9N/c1-10(16)18-14-7-8-15-13(14)9-11-3-5-12(17-2)6-4-11;1-2-4-5-3-1/h3-6,13-15H,7-9H2,1-2H3;5H,1-4H2. The summed E-state index contributed by atoms with van der Waals surface area (Å²) >= 11 is 0. The van der Waals surface area contributed by atoms with Crippen LogP contribution in [0.5, 0.6) is 5.75 Å².